The predicted molar refractivity (Wildman–Crippen MR) is 141 cm³/mol. The number of hydrogen-bond donors (Lipinski definition) is 2. The van der Waals surface area contributed by atoms with E-state index in [9.17, 15) is 9.18 Å². The number of nitrogens with zero attached hydrogens (tertiary/aromatic N) is 4. The SMILES string of the molecule is Nc1ccc(Oc2ncccc2-c2ccnc(N[C@H]3C[C@H](F)CN(C(=O)OCc4ccccc4)C3)n2)cc1. The summed E-state index contributed by atoms with van der Waals surface area (Å²) in [6, 6.07) is 21.3. The molecule has 5 rings (SSSR count). The van der Waals surface area contributed by atoms with E-state index < -0.39 is 18.3 Å². The largest absolute Gasteiger partial charge is 0.445 e. The molecule has 1 aliphatic heterocycles. The molecule has 0 saturated carbocycles. The van der Waals surface area contributed by atoms with Crippen LogP contribution in [0, 0.1) is 0 Å². The molecule has 1 aliphatic rings. The van der Waals surface area contributed by atoms with Gasteiger partial charge < -0.3 is 25.4 Å². The van der Waals surface area contributed by atoms with Crippen molar-refractivity contribution in [2.45, 2.75) is 25.2 Å². The van der Waals surface area contributed by atoms with Crippen molar-refractivity contribution in [1.82, 2.24) is 19.9 Å². The van der Waals surface area contributed by atoms with Gasteiger partial charge in [0.2, 0.25) is 11.8 Å². The normalized spacial score (nSPS) is 17.0. The van der Waals surface area contributed by atoms with Gasteiger partial charge in [-0.3, -0.25) is 0 Å². The number of nitrogens with two attached hydrogens (primary N) is 1. The first-order valence-electron chi connectivity index (χ1n) is 12.2. The topological polar surface area (TPSA) is 115 Å². The van der Waals surface area contributed by atoms with Crippen LogP contribution in [0.5, 0.6) is 11.6 Å². The van der Waals surface area contributed by atoms with Gasteiger partial charge in [-0.2, -0.15) is 0 Å². The second-order valence-corrected chi connectivity index (χ2v) is 8.91. The summed E-state index contributed by atoms with van der Waals surface area (Å²) < 4.78 is 25.9. The summed E-state index contributed by atoms with van der Waals surface area (Å²) in [7, 11) is 0. The summed E-state index contributed by atoms with van der Waals surface area (Å²) >= 11 is 0. The molecule has 1 saturated heterocycles. The van der Waals surface area contributed by atoms with Crippen LogP contribution in [0.15, 0.2) is 85.2 Å². The molecule has 3 heterocycles. The van der Waals surface area contributed by atoms with Gasteiger partial charge in [0.15, 0.2) is 0 Å². The number of piperidine rings is 1. The number of hydrogen-bond acceptors (Lipinski definition) is 8. The van der Waals surface area contributed by atoms with Crippen LogP contribution >= 0.6 is 0 Å². The van der Waals surface area contributed by atoms with Crippen molar-refractivity contribution in [3.05, 3.63) is 90.8 Å². The molecule has 2 aromatic heterocycles. The summed E-state index contributed by atoms with van der Waals surface area (Å²) in [5.41, 5.74) is 8.49. The molecule has 4 aromatic rings. The van der Waals surface area contributed by atoms with Gasteiger partial charge in [0.1, 0.15) is 18.5 Å². The minimum atomic E-state index is -1.20. The van der Waals surface area contributed by atoms with Crippen LogP contribution < -0.4 is 15.8 Å². The Morgan fingerprint density at radius 2 is 1.82 bits per heavy atom. The number of nitrogen functional groups attached to an aromatic ring is 1. The van der Waals surface area contributed by atoms with Crippen molar-refractivity contribution in [1.29, 1.82) is 0 Å². The van der Waals surface area contributed by atoms with Crippen molar-refractivity contribution in [3.8, 4) is 22.9 Å². The molecule has 3 N–H and O–H groups in total. The predicted octanol–water partition coefficient (Wildman–Crippen LogP) is 5.07. The molecule has 1 fully saturated rings. The Bertz CT molecular complexity index is 1370. The van der Waals surface area contributed by atoms with Crippen LogP contribution in [0.25, 0.3) is 11.3 Å². The number of carbonyl (C=O) groups is 1. The lowest BCUT2D eigenvalue weighted by molar-refractivity contribution is 0.0685. The van der Waals surface area contributed by atoms with E-state index in [0.717, 1.165) is 5.56 Å². The standard InChI is InChI=1S/C28H27FN6O3/c29-20-15-22(17-35(16-20)28(36)37-18-19-5-2-1-3-6-19)33-27-32-14-12-25(34-27)24-7-4-13-31-26(24)38-23-10-8-21(30)9-11-23/h1-14,20,22H,15-18,30H2,(H,32,33,34)/t20-,22-/m0/s1. The maximum atomic E-state index is 14.6. The summed E-state index contributed by atoms with van der Waals surface area (Å²) in [4.78, 5) is 27.2. The Morgan fingerprint density at radius 3 is 2.63 bits per heavy atom. The minimum Gasteiger partial charge on any atom is -0.445 e. The van der Waals surface area contributed by atoms with Gasteiger partial charge in [-0.05, 0) is 48.0 Å². The second-order valence-electron chi connectivity index (χ2n) is 8.91. The van der Waals surface area contributed by atoms with Gasteiger partial charge >= 0.3 is 6.09 Å². The highest BCUT2D eigenvalue weighted by molar-refractivity contribution is 5.68. The first-order chi connectivity index (χ1) is 18.5. The van der Waals surface area contributed by atoms with E-state index in [1.807, 2.05) is 36.4 Å². The van der Waals surface area contributed by atoms with Gasteiger partial charge in [-0.15, -0.1) is 0 Å². The van der Waals surface area contributed by atoms with E-state index in [4.69, 9.17) is 15.2 Å². The number of anilines is 2. The maximum Gasteiger partial charge on any atom is 0.410 e. The summed E-state index contributed by atoms with van der Waals surface area (Å²) in [6.45, 7) is 0.372. The number of aromatic nitrogens is 3. The number of likely N-dealkylation sites (tertiary alicyclic amines) is 1. The zero-order valence-electron chi connectivity index (χ0n) is 20.5. The van der Waals surface area contributed by atoms with Crippen molar-refractivity contribution < 1.29 is 18.7 Å². The van der Waals surface area contributed by atoms with Crippen LogP contribution in [0.4, 0.5) is 20.8 Å². The number of ether oxygens (including phenoxy) is 2. The highest BCUT2D eigenvalue weighted by Gasteiger charge is 2.31. The first-order valence-corrected chi connectivity index (χ1v) is 12.2. The monoisotopic (exact) mass is 514 g/mol. The zero-order valence-corrected chi connectivity index (χ0v) is 20.5. The van der Waals surface area contributed by atoms with Crippen LogP contribution in [-0.4, -0.2) is 51.2 Å². The molecule has 0 spiro atoms. The number of rotatable bonds is 7. The highest BCUT2D eigenvalue weighted by atomic mass is 19.1. The number of pyridine rings is 1. The number of benzene rings is 2. The van der Waals surface area contributed by atoms with Crippen molar-refractivity contribution in [2.75, 3.05) is 24.1 Å². The Balaban J connectivity index is 1.26. The van der Waals surface area contributed by atoms with E-state index >= 15 is 0 Å². The van der Waals surface area contributed by atoms with E-state index in [0.29, 0.717) is 34.5 Å². The fraction of sp³-hybridized carbons (Fsp3) is 0.214. The molecule has 0 bridgehead atoms. The number of carbonyl (C=O) groups excluding carboxylic acids is 1. The lowest BCUT2D eigenvalue weighted by Gasteiger charge is -2.34. The van der Waals surface area contributed by atoms with Gasteiger partial charge in [0.25, 0.3) is 0 Å². The van der Waals surface area contributed by atoms with Gasteiger partial charge in [0.05, 0.1) is 17.8 Å². The first kappa shape index (κ1) is 24.9. The molecule has 0 unspecified atom stereocenters. The third kappa shape index (κ3) is 6.33. The Labute approximate surface area is 219 Å². The summed E-state index contributed by atoms with van der Waals surface area (Å²) in [5, 5.41) is 3.17. The lowest BCUT2D eigenvalue weighted by atomic mass is 10.0. The molecule has 10 heteroatoms. The molecule has 2 aromatic carbocycles. The Morgan fingerprint density at radius 1 is 1.00 bits per heavy atom. The van der Waals surface area contributed by atoms with Crippen molar-refractivity contribution in [3.63, 3.8) is 0 Å². The molecule has 2 atom stereocenters. The van der Waals surface area contributed by atoms with Crippen molar-refractivity contribution in [2.24, 2.45) is 0 Å². The fourth-order valence-electron chi connectivity index (χ4n) is 4.18. The Kier molecular flexibility index (Phi) is 7.58. The van der Waals surface area contributed by atoms with Crippen molar-refractivity contribution >= 4 is 17.7 Å². The smallest absolute Gasteiger partial charge is 0.410 e. The highest BCUT2D eigenvalue weighted by Crippen LogP contribution is 2.31. The quantitative estimate of drug-likeness (QED) is 0.328. The van der Waals surface area contributed by atoms with Gasteiger partial charge in [-0.25, -0.2) is 24.1 Å². The van der Waals surface area contributed by atoms with Crippen LogP contribution in [-0.2, 0) is 11.3 Å². The van der Waals surface area contributed by atoms with Crippen LogP contribution in [0.1, 0.15) is 12.0 Å². The van der Waals surface area contributed by atoms with E-state index in [2.05, 4.69) is 20.3 Å². The molecular weight excluding hydrogens is 487 g/mol. The van der Waals surface area contributed by atoms with Gasteiger partial charge in [-0.1, -0.05) is 30.3 Å². The number of amides is 1. The minimum absolute atomic E-state index is 0.0196. The van der Waals surface area contributed by atoms with E-state index in [1.54, 1.807) is 48.8 Å². The van der Waals surface area contributed by atoms with Crippen LogP contribution in [0.2, 0.25) is 0 Å². The molecule has 0 aliphatic carbocycles. The van der Waals surface area contributed by atoms with E-state index in [-0.39, 0.29) is 26.1 Å². The molecule has 38 heavy (non-hydrogen) atoms. The zero-order chi connectivity index (χ0) is 26.3. The summed E-state index contributed by atoms with van der Waals surface area (Å²) in [6.07, 6.45) is 1.69. The molecule has 0 radical (unpaired) electrons. The fourth-order valence-corrected chi connectivity index (χ4v) is 4.18. The molecular formula is C28H27FN6O3. The van der Waals surface area contributed by atoms with E-state index in [1.165, 1.54) is 4.90 Å². The second kappa shape index (κ2) is 11.5. The average Bonchev–Trinajstić information content (AvgIpc) is 2.94. The third-order valence-electron chi connectivity index (χ3n) is 5.99. The maximum absolute atomic E-state index is 14.6. The summed E-state index contributed by atoms with van der Waals surface area (Å²) in [5.74, 6) is 1.26. The molecule has 1 amide bonds. The number of alkyl halides is 1. The lowest BCUT2D eigenvalue weighted by Crippen LogP contribution is -2.50. The Hall–Kier alpha value is -4.73. The third-order valence-corrected chi connectivity index (χ3v) is 5.99. The average molecular weight is 515 g/mol. The number of halogens is 1. The van der Waals surface area contributed by atoms with Crippen LogP contribution in [0.3, 0.4) is 0 Å². The molecule has 9 nitrogen and oxygen atoms in total. The van der Waals surface area contributed by atoms with Gasteiger partial charge in [0, 0.05) is 37.1 Å². The molecule has 194 valence electrons. The number of nitrogens with one attached hydrogen (secondary N) is 1.